The standard InChI is InChI=1S/C59H108O6/c1-4-7-10-13-16-18-20-22-24-25-26-27-28-29-30-31-32-33-34-35-36-38-39-41-43-46-49-52-58(61)64-55-56(54-63-57(60)51-48-45-15-12-9-6-3)65-59(62)53-50-47-44-42-40-37-23-21-19-17-14-11-8-5-2/h20,22,25-26,28-29,56H,4-19,21,23-24,27,30-55H2,1-3H3/b22-20-,26-25-,29-28-. The Kier molecular flexibility index (Phi) is 52.3. The number of carbonyl (C=O) groups excluding carboxylic acids is 3. The predicted octanol–water partition coefficient (Wildman–Crippen LogP) is 18.9. The molecule has 0 aliphatic carbocycles. The zero-order valence-electron chi connectivity index (χ0n) is 43.5. The Morgan fingerprint density at radius 2 is 0.554 bits per heavy atom. The van der Waals surface area contributed by atoms with Gasteiger partial charge in [0.2, 0.25) is 0 Å². The first kappa shape index (κ1) is 62.6. The summed E-state index contributed by atoms with van der Waals surface area (Å²) in [4.78, 5) is 37.8. The van der Waals surface area contributed by atoms with E-state index in [0.717, 1.165) is 70.6 Å². The molecule has 0 aromatic rings. The first-order valence-electron chi connectivity index (χ1n) is 28.5. The van der Waals surface area contributed by atoms with E-state index < -0.39 is 6.10 Å². The van der Waals surface area contributed by atoms with Crippen LogP contribution in [0.15, 0.2) is 36.5 Å². The summed E-state index contributed by atoms with van der Waals surface area (Å²) < 4.78 is 16.7. The lowest BCUT2D eigenvalue weighted by Crippen LogP contribution is -2.30. The molecule has 0 aliphatic heterocycles. The maximum absolute atomic E-state index is 12.8. The SMILES string of the molecule is CCCCCCC/C=C\C/C=C\C/C=C\CCCCCCCCCCCCCCC(=O)OCC(COC(=O)CCCCCCCC)OC(=O)CCCCCCCCCCCCCCCC. The quantitative estimate of drug-likeness (QED) is 0.0262. The Labute approximate surface area is 404 Å². The summed E-state index contributed by atoms with van der Waals surface area (Å²) in [6, 6.07) is 0. The largest absolute Gasteiger partial charge is 0.462 e. The number of esters is 3. The average Bonchev–Trinajstić information content (AvgIpc) is 3.30. The van der Waals surface area contributed by atoms with Crippen LogP contribution in [-0.2, 0) is 28.6 Å². The van der Waals surface area contributed by atoms with Gasteiger partial charge in [-0.15, -0.1) is 0 Å². The van der Waals surface area contributed by atoms with E-state index in [1.807, 2.05) is 0 Å². The van der Waals surface area contributed by atoms with E-state index in [-0.39, 0.29) is 31.1 Å². The van der Waals surface area contributed by atoms with Crippen LogP contribution < -0.4 is 0 Å². The minimum absolute atomic E-state index is 0.0691. The predicted molar refractivity (Wildman–Crippen MR) is 279 cm³/mol. The second kappa shape index (κ2) is 54.2. The molecule has 6 nitrogen and oxygen atoms in total. The second-order valence-corrected chi connectivity index (χ2v) is 19.2. The molecule has 0 aromatic carbocycles. The summed E-state index contributed by atoms with van der Waals surface area (Å²) >= 11 is 0. The van der Waals surface area contributed by atoms with Gasteiger partial charge in [-0.1, -0.05) is 263 Å². The van der Waals surface area contributed by atoms with Gasteiger partial charge in [-0.2, -0.15) is 0 Å². The molecule has 0 rings (SSSR count). The van der Waals surface area contributed by atoms with Crippen molar-refractivity contribution in [2.24, 2.45) is 0 Å². The third kappa shape index (κ3) is 52.5. The highest BCUT2D eigenvalue weighted by Crippen LogP contribution is 2.16. The van der Waals surface area contributed by atoms with Gasteiger partial charge < -0.3 is 14.2 Å². The molecule has 0 aliphatic rings. The van der Waals surface area contributed by atoms with Crippen LogP contribution in [0, 0.1) is 0 Å². The Morgan fingerprint density at radius 3 is 0.862 bits per heavy atom. The summed E-state index contributed by atoms with van der Waals surface area (Å²) in [5.74, 6) is -0.866. The number of ether oxygens (including phenoxy) is 3. The molecule has 0 heterocycles. The van der Waals surface area contributed by atoms with E-state index in [9.17, 15) is 14.4 Å². The van der Waals surface area contributed by atoms with Crippen LogP contribution in [0.3, 0.4) is 0 Å². The van der Waals surface area contributed by atoms with E-state index >= 15 is 0 Å². The van der Waals surface area contributed by atoms with Crippen molar-refractivity contribution >= 4 is 17.9 Å². The van der Waals surface area contributed by atoms with E-state index in [0.29, 0.717) is 19.3 Å². The summed E-state index contributed by atoms with van der Waals surface area (Å²) in [5, 5.41) is 0. The fourth-order valence-corrected chi connectivity index (χ4v) is 8.33. The maximum Gasteiger partial charge on any atom is 0.306 e. The highest BCUT2D eigenvalue weighted by atomic mass is 16.6. The third-order valence-corrected chi connectivity index (χ3v) is 12.6. The smallest absolute Gasteiger partial charge is 0.306 e. The summed E-state index contributed by atoms with van der Waals surface area (Å²) in [5.41, 5.74) is 0. The Balaban J connectivity index is 4.05. The van der Waals surface area contributed by atoms with Gasteiger partial charge in [0.15, 0.2) is 6.10 Å². The first-order valence-corrected chi connectivity index (χ1v) is 28.5. The summed E-state index contributed by atoms with van der Waals surface area (Å²) in [7, 11) is 0. The molecule has 0 saturated heterocycles. The van der Waals surface area contributed by atoms with Crippen LogP contribution in [0.1, 0.15) is 303 Å². The van der Waals surface area contributed by atoms with Crippen molar-refractivity contribution < 1.29 is 28.6 Å². The van der Waals surface area contributed by atoms with Crippen LogP contribution in [0.2, 0.25) is 0 Å². The average molecular weight is 914 g/mol. The molecule has 0 saturated carbocycles. The summed E-state index contributed by atoms with van der Waals surface area (Å²) in [6.07, 6.45) is 64.6. The molecule has 0 fully saturated rings. The third-order valence-electron chi connectivity index (χ3n) is 12.6. The molecule has 1 atom stereocenters. The van der Waals surface area contributed by atoms with E-state index in [1.54, 1.807) is 0 Å². The van der Waals surface area contributed by atoms with Crippen molar-refractivity contribution in [3.8, 4) is 0 Å². The van der Waals surface area contributed by atoms with Gasteiger partial charge in [-0.05, 0) is 57.8 Å². The molecular formula is C59H108O6. The van der Waals surface area contributed by atoms with Crippen LogP contribution >= 0.6 is 0 Å². The molecule has 0 amide bonds. The number of hydrogen-bond acceptors (Lipinski definition) is 6. The Bertz CT molecular complexity index is 1090. The van der Waals surface area contributed by atoms with Gasteiger partial charge >= 0.3 is 17.9 Å². The first-order chi connectivity index (χ1) is 32.0. The molecule has 0 radical (unpaired) electrons. The monoisotopic (exact) mass is 913 g/mol. The number of allylic oxidation sites excluding steroid dienone is 6. The Morgan fingerprint density at radius 1 is 0.308 bits per heavy atom. The summed E-state index contributed by atoms with van der Waals surface area (Å²) in [6.45, 7) is 6.60. The highest BCUT2D eigenvalue weighted by molar-refractivity contribution is 5.71. The Hall–Kier alpha value is -2.37. The lowest BCUT2D eigenvalue weighted by Gasteiger charge is -2.18. The lowest BCUT2D eigenvalue weighted by atomic mass is 10.0. The molecule has 6 heteroatoms. The molecule has 0 spiro atoms. The lowest BCUT2D eigenvalue weighted by molar-refractivity contribution is -0.167. The second-order valence-electron chi connectivity index (χ2n) is 19.2. The fourth-order valence-electron chi connectivity index (χ4n) is 8.33. The molecule has 0 aromatic heterocycles. The van der Waals surface area contributed by atoms with Crippen molar-refractivity contribution in [1.29, 1.82) is 0 Å². The highest BCUT2D eigenvalue weighted by Gasteiger charge is 2.19. The van der Waals surface area contributed by atoms with Crippen molar-refractivity contribution in [1.82, 2.24) is 0 Å². The molecule has 65 heavy (non-hydrogen) atoms. The van der Waals surface area contributed by atoms with Crippen molar-refractivity contribution in [2.45, 2.75) is 309 Å². The number of rotatable bonds is 52. The normalized spacial score (nSPS) is 12.2. The molecule has 0 bridgehead atoms. The van der Waals surface area contributed by atoms with E-state index in [1.165, 1.54) is 193 Å². The topological polar surface area (TPSA) is 78.9 Å². The van der Waals surface area contributed by atoms with E-state index in [4.69, 9.17) is 14.2 Å². The minimum atomic E-state index is -0.765. The van der Waals surface area contributed by atoms with Gasteiger partial charge in [-0.25, -0.2) is 0 Å². The molecular weight excluding hydrogens is 805 g/mol. The molecule has 1 unspecified atom stereocenters. The van der Waals surface area contributed by atoms with Crippen LogP contribution in [-0.4, -0.2) is 37.2 Å². The molecule has 0 N–H and O–H groups in total. The zero-order valence-corrected chi connectivity index (χ0v) is 43.5. The zero-order chi connectivity index (χ0) is 47.2. The van der Waals surface area contributed by atoms with Gasteiger partial charge in [0, 0.05) is 19.3 Å². The van der Waals surface area contributed by atoms with Crippen LogP contribution in [0.5, 0.6) is 0 Å². The van der Waals surface area contributed by atoms with Crippen molar-refractivity contribution in [3.05, 3.63) is 36.5 Å². The maximum atomic E-state index is 12.8. The van der Waals surface area contributed by atoms with Crippen LogP contribution in [0.25, 0.3) is 0 Å². The van der Waals surface area contributed by atoms with Crippen molar-refractivity contribution in [2.75, 3.05) is 13.2 Å². The van der Waals surface area contributed by atoms with Gasteiger partial charge in [0.25, 0.3) is 0 Å². The number of hydrogen-bond donors (Lipinski definition) is 0. The minimum Gasteiger partial charge on any atom is -0.462 e. The number of carbonyl (C=O) groups is 3. The molecule has 380 valence electrons. The van der Waals surface area contributed by atoms with Gasteiger partial charge in [0.05, 0.1) is 0 Å². The van der Waals surface area contributed by atoms with Gasteiger partial charge in [0.1, 0.15) is 13.2 Å². The van der Waals surface area contributed by atoms with Crippen molar-refractivity contribution in [3.63, 3.8) is 0 Å². The van der Waals surface area contributed by atoms with Gasteiger partial charge in [-0.3, -0.25) is 14.4 Å². The number of unbranched alkanes of at least 4 members (excludes halogenated alkanes) is 35. The fraction of sp³-hybridized carbons (Fsp3) is 0.847. The van der Waals surface area contributed by atoms with E-state index in [2.05, 4.69) is 57.2 Å². The van der Waals surface area contributed by atoms with Crippen LogP contribution in [0.4, 0.5) is 0 Å².